The van der Waals surface area contributed by atoms with E-state index in [1.165, 1.54) is 32.5 Å². The Hall–Kier alpha value is -3.75. The van der Waals surface area contributed by atoms with Crippen molar-refractivity contribution < 1.29 is 4.79 Å². The molecule has 0 N–H and O–H groups in total. The fourth-order valence-electron chi connectivity index (χ4n) is 9.55. The van der Waals surface area contributed by atoms with E-state index in [4.69, 9.17) is 0 Å². The minimum absolute atomic E-state index is 0.0156. The number of Topliss-reactive ketones (excluding diaryl/α,β-unsaturated/α-hetero) is 1. The second-order valence-corrected chi connectivity index (χ2v) is 19.8. The summed E-state index contributed by atoms with van der Waals surface area (Å²) in [5.74, 6) is 0.938. The van der Waals surface area contributed by atoms with E-state index in [9.17, 15) is 0 Å². The summed E-state index contributed by atoms with van der Waals surface area (Å²) in [4.78, 5) is 15.2. The van der Waals surface area contributed by atoms with Crippen LogP contribution in [0.1, 0.15) is 67.1 Å². The normalized spacial score (nSPS) is 23.0. The van der Waals surface area contributed by atoms with Gasteiger partial charge in [-0.15, -0.1) is 0 Å². The molecule has 0 spiro atoms. The summed E-state index contributed by atoms with van der Waals surface area (Å²) in [5.41, 5.74) is 4.19. The average molecular weight is 593 g/mol. The molecule has 1 atom stereocenters. The Morgan fingerprint density at radius 3 is 1.80 bits per heavy atom. The van der Waals surface area contributed by atoms with E-state index in [1.54, 1.807) is 0 Å². The zero-order valence-corrected chi connectivity index (χ0v) is 27.9. The molecule has 3 fully saturated rings. The van der Waals surface area contributed by atoms with Crippen LogP contribution in [0.4, 0.5) is 0 Å². The van der Waals surface area contributed by atoms with Crippen LogP contribution < -0.4 is 10.4 Å². The third-order valence-corrected chi connectivity index (χ3v) is 17.8. The van der Waals surface area contributed by atoms with Crippen molar-refractivity contribution in [3.05, 3.63) is 144 Å². The fraction of sp³-hybridized carbons (Fsp3) is 0.310. The smallest absolute Gasteiger partial charge is 0.169 e. The van der Waals surface area contributed by atoms with Crippen molar-refractivity contribution in [3.63, 3.8) is 0 Å². The first-order valence-electron chi connectivity index (χ1n) is 16.3. The monoisotopic (exact) mass is 592 g/mol. The SMILES string of the molecule is Cc1cc(C)cc([C@@]2(C[Si](c3ccccc3)(c3ccccc3)C(C)(C)C)CC3CC2(C(=O)c2ccc4ccccc4c2)C3)c1. The number of benzene rings is 5. The van der Waals surface area contributed by atoms with Crippen LogP contribution in [0, 0.1) is 25.2 Å². The van der Waals surface area contributed by atoms with Crippen LogP contribution >= 0.6 is 0 Å². The van der Waals surface area contributed by atoms with E-state index < -0.39 is 13.5 Å². The molecular weight excluding hydrogens is 549 g/mol. The molecule has 0 saturated heterocycles. The van der Waals surface area contributed by atoms with Crippen molar-refractivity contribution >= 4 is 35.0 Å². The van der Waals surface area contributed by atoms with Gasteiger partial charge in [0.05, 0.1) is 0 Å². The van der Waals surface area contributed by atoms with Crippen molar-refractivity contribution in [2.45, 2.75) is 70.4 Å². The summed E-state index contributed by atoms with van der Waals surface area (Å²) >= 11 is 0. The average Bonchev–Trinajstić information content (AvgIpc) is 3.50. The number of fused-ring (bicyclic) bond motifs is 2. The minimum atomic E-state index is -2.51. The lowest BCUT2D eigenvalue weighted by Crippen LogP contribution is -2.68. The highest BCUT2D eigenvalue weighted by Crippen LogP contribution is 2.73. The highest BCUT2D eigenvalue weighted by atomic mass is 28.3. The van der Waals surface area contributed by atoms with Crippen LogP contribution in [0.25, 0.3) is 10.8 Å². The van der Waals surface area contributed by atoms with Gasteiger partial charge in [0.15, 0.2) is 5.78 Å². The van der Waals surface area contributed by atoms with E-state index in [2.05, 4.69) is 156 Å². The van der Waals surface area contributed by atoms with Gasteiger partial charge < -0.3 is 0 Å². The number of carbonyl (C=O) groups excluding carboxylic acids is 1. The number of aryl methyl sites for hydroxylation is 2. The van der Waals surface area contributed by atoms with Crippen molar-refractivity contribution in [1.82, 2.24) is 0 Å². The van der Waals surface area contributed by atoms with Gasteiger partial charge in [-0.1, -0.05) is 158 Å². The van der Waals surface area contributed by atoms with Crippen molar-refractivity contribution in [2.75, 3.05) is 0 Å². The lowest BCUT2D eigenvalue weighted by molar-refractivity contribution is 0.0502. The first-order chi connectivity index (χ1) is 21.1. The van der Waals surface area contributed by atoms with Gasteiger partial charge in [0, 0.05) is 16.4 Å². The first-order valence-corrected chi connectivity index (χ1v) is 18.5. The molecule has 5 aromatic carbocycles. The molecule has 5 aromatic rings. The maximum atomic E-state index is 15.2. The Morgan fingerprint density at radius 2 is 1.23 bits per heavy atom. The molecule has 8 rings (SSSR count). The van der Waals surface area contributed by atoms with Crippen LogP contribution in [-0.2, 0) is 5.41 Å². The Bertz CT molecular complexity index is 1780. The molecule has 0 aliphatic heterocycles. The lowest BCUT2D eigenvalue weighted by Gasteiger charge is -2.54. The predicted octanol–water partition coefficient (Wildman–Crippen LogP) is 9.44. The van der Waals surface area contributed by atoms with Crippen LogP contribution in [0.15, 0.2) is 121 Å². The molecule has 1 nitrogen and oxygen atoms in total. The molecule has 0 radical (unpaired) electrons. The second-order valence-electron chi connectivity index (χ2n) is 15.0. The van der Waals surface area contributed by atoms with E-state index >= 15 is 4.79 Å². The standard InChI is InChI=1S/C42H44OSi/c1-30-22-31(2)24-36(23-30)42(29-44(40(3,4)5,37-16-8-6-9-17-37)38-18-10-7-11-19-38)28-32-26-41(42,27-32)39(43)35-21-20-33-14-12-13-15-34(33)25-35/h6-25,32H,26-29H2,1-5H3/t32?,41?,42-/m0/s1. The van der Waals surface area contributed by atoms with Gasteiger partial charge in [-0.3, -0.25) is 4.79 Å². The molecule has 3 saturated carbocycles. The highest BCUT2D eigenvalue weighted by Gasteiger charge is 2.72. The summed E-state index contributed by atoms with van der Waals surface area (Å²) < 4.78 is 0. The van der Waals surface area contributed by atoms with Gasteiger partial charge >= 0.3 is 0 Å². The van der Waals surface area contributed by atoms with Gasteiger partial charge in [-0.25, -0.2) is 0 Å². The van der Waals surface area contributed by atoms with Crippen LogP contribution in [0.3, 0.4) is 0 Å². The molecule has 44 heavy (non-hydrogen) atoms. The van der Waals surface area contributed by atoms with Crippen LogP contribution in [-0.4, -0.2) is 13.9 Å². The van der Waals surface area contributed by atoms with Crippen LogP contribution in [0.5, 0.6) is 0 Å². The zero-order valence-electron chi connectivity index (χ0n) is 26.9. The summed E-state index contributed by atoms with van der Waals surface area (Å²) in [7, 11) is -2.51. The van der Waals surface area contributed by atoms with Crippen molar-refractivity contribution in [1.29, 1.82) is 0 Å². The van der Waals surface area contributed by atoms with Gasteiger partial charge in [0.2, 0.25) is 0 Å². The molecule has 3 aliphatic rings. The maximum absolute atomic E-state index is 15.2. The third kappa shape index (κ3) is 4.29. The Labute approximate surface area is 264 Å². The predicted molar refractivity (Wildman–Crippen MR) is 188 cm³/mol. The number of hydrogen-bond acceptors (Lipinski definition) is 1. The number of hydrogen-bond donors (Lipinski definition) is 0. The van der Waals surface area contributed by atoms with E-state index in [-0.39, 0.29) is 10.5 Å². The summed E-state index contributed by atoms with van der Waals surface area (Å²) in [5, 5.41) is 5.29. The van der Waals surface area contributed by atoms with E-state index in [0.29, 0.717) is 11.7 Å². The molecule has 0 amide bonds. The summed E-state index contributed by atoms with van der Waals surface area (Å²) in [6.45, 7) is 11.8. The van der Waals surface area contributed by atoms with Crippen molar-refractivity contribution in [2.24, 2.45) is 11.3 Å². The molecule has 3 aliphatic carbocycles. The van der Waals surface area contributed by atoms with E-state index in [0.717, 1.165) is 36.3 Å². The topological polar surface area (TPSA) is 17.1 Å². The first kappa shape index (κ1) is 29.0. The Kier molecular flexibility index (Phi) is 6.86. The van der Waals surface area contributed by atoms with E-state index in [1.807, 2.05) is 0 Å². The second kappa shape index (κ2) is 10.4. The number of rotatable bonds is 7. The van der Waals surface area contributed by atoms with Crippen molar-refractivity contribution in [3.8, 4) is 0 Å². The number of ketones is 1. The fourth-order valence-corrected chi connectivity index (χ4v) is 15.7. The molecule has 222 valence electrons. The third-order valence-electron chi connectivity index (χ3n) is 11.4. The lowest BCUT2D eigenvalue weighted by atomic mass is 9.55. The summed E-state index contributed by atoms with van der Waals surface area (Å²) in [6, 6.07) is 45.7. The molecule has 2 heteroatoms. The van der Waals surface area contributed by atoms with Gasteiger partial charge in [0.1, 0.15) is 8.07 Å². The molecule has 2 bridgehead atoms. The Balaban J connectivity index is 1.50. The summed E-state index contributed by atoms with van der Waals surface area (Å²) in [6.07, 6.45) is 3.06. The van der Waals surface area contributed by atoms with Gasteiger partial charge in [0.25, 0.3) is 0 Å². The van der Waals surface area contributed by atoms with Gasteiger partial charge in [-0.05, 0) is 72.5 Å². The molecule has 0 heterocycles. The Morgan fingerprint density at radius 1 is 0.682 bits per heavy atom. The zero-order chi connectivity index (χ0) is 30.7. The molecular formula is C42H44OSi. The molecule has 0 aromatic heterocycles. The van der Waals surface area contributed by atoms with Crippen LogP contribution in [0.2, 0.25) is 11.1 Å². The largest absolute Gasteiger partial charge is 0.294 e. The minimum Gasteiger partial charge on any atom is -0.294 e. The number of carbonyl (C=O) groups is 1. The van der Waals surface area contributed by atoms with Gasteiger partial charge in [-0.2, -0.15) is 0 Å². The quantitative estimate of drug-likeness (QED) is 0.136. The molecule has 0 unspecified atom stereocenters. The highest BCUT2D eigenvalue weighted by molar-refractivity contribution is 7.04. The maximum Gasteiger partial charge on any atom is 0.169 e.